The molecule has 6 nitrogen and oxygen atoms in total. The Kier molecular flexibility index (Phi) is 9.80. The number of amides is 2. The molecule has 0 aromatic heterocycles. The molecule has 0 saturated carbocycles. The molecule has 2 aromatic carbocycles. The standard InChI is InChI=1S/C21H24BrClN2O4/c1-2-3-4-7-12-28-18-11-10-15(22)13-16(18)21(27)25-24-20(26)14-29-19-9-6-5-8-17(19)23/h5-6,8-11,13H,2-4,7,12,14H2,1H3,(H,24,26)(H,25,27). The number of rotatable bonds is 10. The van der Waals surface area contributed by atoms with E-state index in [1.165, 1.54) is 0 Å². The Balaban J connectivity index is 1.86. The third-order valence-corrected chi connectivity index (χ3v) is 4.76. The summed E-state index contributed by atoms with van der Waals surface area (Å²) >= 11 is 9.32. The second-order valence-corrected chi connectivity index (χ2v) is 7.59. The number of ether oxygens (including phenoxy) is 2. The van der Waals surface area contributed by atoms with E-state index in [0.29, 0.717) is 28.7 Å². The Hall–Kier alpha value is -2.25. The van der Waals surface area contributed by atoms with E-state index in [0.717, 1.165) is 30.2 Å². The largest absolute Gasteiger partial charge is 0.493 e. The van der Waals surface area contributed by atoms with Crippen LogP contribution in [0.5, 0.6) is 11.5 Å². The van der Waals surface area contributed by atoms with Gasteiger partial charge in [-0.3, -0.25) is 20.4 Å². The molecule has 8 heteroatoms. The van der Waals surface area contributed by atoms with E-state index in [9.17, 15) is 9.59 Å². The summed E-state index contributed by atoms with van der Waals surface area (Å²) in [6.07, 6.45) is 4.29. The Bertz CT molecular complexity index is 832. The van der Waals surface area contributed by atoms with Gasteiger partial charge in [0.15, 0.2) is 6.61 Å². The Morgan fingerprint density at radius 2 is 1.79 bits per heavy atom. The minimum atomic E-state index is -0.518. The number of nitrogens with one attached hydrogen (secondary N) is 2. The third-order valence-electron chi connectivity index (χ3n) is 3.95. The molecule has 0 fully saturated rings. The highest BCUT2D eigenvalue weighted by Crippen LogP contribution is 2.24. The minimum Gasteiger partial charge on any atom is -0.493 e. The van der Waals surface area contributed by atoms with Gasteiger partial charge in [-0.2, -0.15) is 0 Å². The lowest BCUT2D eigenvalue weighted by molar-refractivity contribution is -0.123. The monoisotopic (exact) mass is 482 g/mol. The van der Waals surface area contributed by atoms with Gasteiger partial charge in [-0.05, 0) is 36.8 Å². The van der Waals surface area contributed by atoms with Crippen molar-refractivity contribution in [3.05, 3.63) is 57.5 Å². The highest BCUT2D eigenvalue weighted by molar-refractivity contribution is 9.10. The smallest absolute Gasteiger partial charge is 0.276 e. The van der Waals surface area contributed by atoms with Gasteiger partial charge >= 0.3 is 0 Å². The van der Waals surface area contributed by atoms with Crippen LogP contribution in [0.4, 0.5) is 0 Å². The number of hydrazine groups is 1. The summed E-state index contributed by atoms with van der Waals surface area (Å²) in [5, 5.41) is 0.402. The number of unbranched alkanes of at least 4 members (excludes halogenated alkanes) is 3. The van der Waals surface area contributed by atoms with Gasteiger partial charge in [0.05, 0.1) is 17.2 Å². The van der Waals surface area contributed by atoms with Gasteiger partial charge in [-0.1, -0.05) is 65.8 Å². The third kappa shape index (κ3) is 7.95. The Morgan fingerprint density at radius 1 is 1.00 bits per heavy atom. The van der Waals surface area contributed by atoms with Gasteiger partial charge in [-0.25, -0.2) is 0 Å². The summed E-state index contributed by atoms with van der Waals surface area (Å²) in [7, 11) is 0. The first-order valence-electron chi connectivity index (χ1n) is 9.40. The maximum Gasteiger partial charge on any atom is 0.276 e. The van der Waals surface area contributed by atoms with Crippen LogP contribution in [-0.4, -0.2) is 25.0 Å². The normalized spacial score (nSPS) is 10.3. The van der Waals surface area contributed by atoms with Crippen LogP contribution in [-0.2, 0) is 4.79 Å². The van der Waals surface area contributed by atoms with Gasteiger partial charge in [0.2, 0.25) is 0 Å². The van der Waals surface area contributed by atoms with Crippen LogP contribution in [0.3, 0.4) is 0 Å². The van der Waals surface area contributed by atoms with Crippen molar-refractivity contribution >= 4 is 39.3 Å². The molecule has 2 rings (SSSR count). The molecule has 0 saturated heterocycles. The maximum absolute atomic E-state index is 12.5. The first-order chi connectivity index (χ1) is 14.0. The van der Waals surface area contributed by atoms with Crippen molar-refractivity contribution in [2.24, 2.45) is 0 Å². The minimum absolute atomic E-state index is 0.288. The molecule has 0 aliphatic heterocycles. The summed E-state index contributed by atoms with van der Waals surface area (Å²) in [5.74, 6) is -0.151. The van der Waals surface area contributed by atoms with E-state index in [4.69, 9.17) is 21.1 Å². The summed E-state index contributed by atoms with van der Waals surface area (Å²) in [4.78, 5) is 24.5. The molecule has 2 amide bonds. The topological polar surface area (TPSA) is 76.7 Å². The van der Waals surface area contributed by atoms with Crippen LogP contribution in [0.2, 0.25) is 5.02 Å². The fraction of sp³-hybridized carbons (Fsp3) is 0.333. The lowest BCUT2D eigenvalue weighted by atomic mass is 10.2. The average molecular weight is 484 g/mol. The molecule has 0 bridgehead atoms. The van der Waals surface area contributed by atoms with Crippen LogP contribution in [0.15, 0.2) is 46.9 Å². The first-order valence-corrected chi connectivity index (χ1v) is 10.6. The molecule has 0 unspecified atom stereocenters. The first kappa shape index (κ1) is 23.0. The predicted molar refractivity (Wildman–Crippen MR) is 116 cm³/mol. The van der Waals surface area contributed by atoms with E-state index in [1.54, 1.807) is 42.5 Å². The molecule has 0 aliphatic carbocycles. The predicted octanol–water partition coefficient (Wildman–Crippen LogP) is 4.90. The van der Waals surface area contributed by atoms with E-state index in [1.807, 2.05) is 0 Å². The van der Waals surface area contributed by atoms with Crippen molar-refractivity contribution in [1.82, 2.24) is 10.9 Å². The van der Waals surface area contributed by atoms with Crippen molar-refractivity contribution < 1.29 is 19.1 Å². The number of carbonyl (C=O) groups is 2. The molecule has 29 heavy (non-hydrogen) atoms. The summed E-state index contributed by atoms with van der Waals surface area (Å²) in [6.45, 7) is 2.38. The second kappa shape index (κ2) is 12.3. The van der Waals surface area contributed by atoms with E-state index < -0.39 is 11.8 Å². The molecule has 0 aliphatic rings. The van der Waals surface area contributed by atoms with Gasteiger partial charge in [-0.15, -0.1) is 0 Å². The molecular formula is C21H24BrClN2O4. The summed E-state index contributed by atoms with van der Waals surface area (Å²) in [5.41, 5.74) is 5.02. The lowest BCUT2D eigenvalue weighted by Crippen LogP contribution is -2.44. The van der Waals surface area contributed by atoms with E-state index in [-0.39, 0.29) is 6.61 Å². The highest BCUT2D eigenvalue weighted by Gasteiger charge is 2.15. The molecule has 0 spiro atoms. The number of para-hydroxylation sites is 1. The average Bonchev–Trinajstić information content (AvgIpc) is 2.72. The van der Waals surface area contributed by atoms with Gasteiger partial charge in [0, 0.05) is 4.47 Å². The number of benzene rings is 2. The quantitative estimate of drug-likeness (QED) is 0.372. The molecular weight excluding hydrogens is 460 g/mol. The molecule has 2 N–H and O–H groups in total. The zero-order chi connectivity index (χ0) is 21.1. The highest BCUT2D eigenvalue weighted by atomic mass is 79.9. The van der Waals surface area contributed by atoms with Gasteiger partial charge in [0.25, 0.3) is 11.8 Å². The molecule has 0 heterocycles. The summed E-state index contributed by atoms with van der Waals surface area (Å²) < 4.78 is 11.8. The van der Waals surface area contributed by atoms with Crippen LogP contribution in [0.25, 0.3) is 0 Å². The maximum atomic E-state index is 12.5. The molecule has 0 radical (unpaired) electrons. The van der Waals surface area contributed by atoms with Crippen LogP contribution < -0.4 is 20.3 Å². The molecule has 0 atom stereocenters. The van der Waals surface area contributed by atoms with Crippen LogP contribution in [0.1, 0.15) is 43.0 Å². The number of halogens is 2. The van der Waals surface area contributed by atoms with Crippen molar-refractivity contribution in [3.63, 3.8) is 0 Å². The SMILES string of the molecule is CCCCCCOc1ccc(Br)cc1C(=O)NNC(=O)COc1ccccc1Cl. The van der Waals surface area contributed by atoms with Crippen LogP contribution in [0, 0.1) is 0 Å². The fourth-order valence-corrected chi connectivity index (χ4v) is 3.00. The van der Waals surface area contributed by atoms with Gasteiger partial charge in [0.1, 0.15) is 11.5 Å². The van der Waals surface area contributed by atoms with Gasteiger partial charge < -0.3 is 9.47 Å². The fourth-order valence-electron chi connectivity index (χ4n) is 2.45. The lowest BCUT2D eigenvalue weighted by Gasteiger charge is -2.13. The van der Waals surface area contributed by atoms with Crippen molar-refractivity contribution in [2.45, 2.75) is 32.6 Å². The van der Waals surface area contributed by atoms with E-state index in [2.05, 4.69) is 33.7 Å². The van der Waals surface area contributed by atoms with Crippen molar-refractivity contribution in [3.8, 4) is 11.5 Å². The number of hydrogen-bond acceptors (Lipinski definition) is 4. The Labute approximate surface area is 184 Å². The Morgan fingerprint density at radius 3 is 2.55 bits per heavy atom. The van der Waals surface area contributed by atoms with Crippen molar-refractivity contribution in [1.29, 1.82) is 0 Å². The van der Waals surface area contributed by atoms with E-state index >= 15 is 0 Å². The zero-order valence-electron chi connectivity index (χ0n) is 16.2. The number of carbonyl (C=O) groups excluding carboxylic acids is 2. The second-order valence-electron chi connectivity index (χ2n) is 6.27. The van der Waals surface area contributed by atoms with Crippen molar-refractivity contribution in [2.75, 3.05) is 13.2 Å². The molecule has 2 aromatic rings. The molecule has 156 valence electrons. The van der Waals surface area contributed by atoms with Crippen LogP contribution >= 0.6 is 27.5 Å². The number of hydrogen-bond donors (Lipinski definition) is 2. The zero-order valence-corrected chi connectivity index (χ0v) is 18.5. The summed E-state index contributed by atoms with van der Waals surface area (Å²) in [6, 6.07) is 12.0.